The highest BCUT2D eigenvalue weighted by molar-refractivity contribution is 5.85. The summed E-state index contributed by atoms with van der Waals surface area (Å²) < 4.78 is 29.1. The first kappa shape index (κ1) is 17.7. The first-order chi connectivity index (χ1) is 9.56. The molecule has 0 aliphatic carbocycles. The Morgan fingerprint density at radius 3 is 2.90 bits per heavy atom. The predicted molar refractivity (Wildman–Crippen MR) is 77.9 cm³/mol. The van der Waals surface area contributed by atoms with Crippen molar-refractivity contribution >= 4 is 18.3 Å². The van der Waals surface area contributed by atoms with Crippen LogP contribution in [0.3, 0.4) is 0 Å². The summed E-state index contributed by atoms with van der Waals surface area (Å²) in [6.07, 6.45) is 1.78. The molecule has 1 aliphatic heterocycles. The van der Waals surface area contributed by atoms with E-state index in [0.717, 1.165) is 24.9 Å². The fraction of sp³-hybridized carbons (Fsp3) is 0.500. The SMILES string of the molecule is Cc1ccc(OC(F)F)c(CNC(=O)C2CCCN2)c1.Cl. The molecule has 4 nitrogen and oxygen atoms in total. The molecule has 7 heteroatoms. The number of nitrogens with one attached hydrogen (secondary N) is 2. The lowest BCUT2D eigenvalue weighted by Gasteiger charge is -2.14. The molecule has 0 aromatic heterocycles. The van der Waals surface area contributed by atoms with Crippen molar-refractivity contribution in [3.8, 4) is 5.75 Å². The summed E-state index contributed by atoms with van der Waals surface area (Å²) in [7, 11) is 0. The minimum atomic E-state index is -2.87. The zero-order valence-electron chi connectivity index (χ0n) is 11.7. The van der Waals surface area contributed by atoms with Crippen LogP contribution in [0.15, 0.2) is 18.2 Å². The van der Waals surface area contributed by atoms with Crippen molar-refractivity contribution in [3.63, 3.8) is 0 Å². The van der Waals surface area contributed by atoms with Crippen LogP contribution in [-0.4, -0.2) is 25.1 Å². The summed E-state index contributed by atoms with van der Waals surface area (Å²) in [4.78, 5) is 11.9. The van der Waals surface area contributed by atoms with Gasteiger partial charge in [-0.25, -0.2) is 0 Å². The second kappa shape index (κ2) is 8.14. The van der Waals surface area contributed by atoms with Crippen molar-refractivity contribution in [3.05, 3.63) is 29.3 Å². The van der Waals surface area contributed by atoms with Gasteiger partial charge in [-0.05, 0) is 32.4 Å². The molecule has 0 saturated carbocycles. The third-order valence-corrected chi connectivity index (χ3v) is 3.26. The lowest BCUT2D eigenvalue weighted by Crippen LogP contribution is -2.40. The maximum absolute atomic E-state index is 12.3. The van der Waals surface area contributed by atoms with Gasteiger partial charge in [-0.1, -0.05) is 17.7 Å². The van der Waals surface area contributed by atoms with Crippen LogP contribution in [0.25, 0.3) is 0 Å². The Morgan fingerprint density at radius 2 is 2.29 bits per heavy atom. The van der Waals surface area contributed by atoms with Gasteiger partial charge in [-0.2, -0.15) is 8.78 Å². The van der Waals surface area contributed by atoms with Crippen molar-refractivity contribution in [2.75, 3.05) is 6.54 Å². The fourth-order valence-electron chi connectivity index (χ4n) is 2.27. The fourth-order valence-corrected chi connectivity index (χ4v) is 2.27. The van der Waals surface area contributed by atoms with E-state index in [1.165, 1.54) is 6.07 Å². The Labute approximate surface area is 128 Å². The van der Waals surface area contributed by atoms with Gasteiger partial charge in [0.25, 0.3) is 0 Å². The smallest absolute Gasteiger partial charge is 0.387 e. The zero-order valence-corrected chi connectivity index (χ0v) is 12.5. The zero-order chi connectivity index (χ0) is 14.5. The highest BCUT2D eigenvalue weighted by Crippen LogP contribution is 2.22. The van der Waals surface area contributed by atoms with E-state index < -0.39 is 6.61 Å². The van der Waals surface area contributed by atoms with Gasteiger partial charge in [-0.3, -0.25) is 4.79 Å². The molecular formula is C14H19ClF2N2O2. The van der Waals surface area contributed by atoms with E-state index in [1.807, 2.05) is 6.92 Å². The number of benzene rings is 1. The molecular weight excluding hydrogens is 302 g/mol. The van der Waals surface area contributed by atoms with Crippen LogP contribution >= 0.6 is 12.4 Å². The molecule has 21 heavy (non-hydrogen) atoms. The standard InChI is InChI=1S/C14H18F2N2O2.ClH/c1-9-4-5-12(20-14(15)16)10(7-9)8-18-13(19)11-3-2-6-17-11;/h4-5,7,11,14,17H,2-3,6,8H2,1H3,(H,18,19);1H. The van der Waals surface area contributed by atoms with Gasteiger partial charge in [0.2, 0.25) is 5.91 Å². The maximum Gasteiger partial charge on any atom is 0.387 e. The topological polar surface area (TPSA) is 50.4 Å². The molecule has 1 aliphatic rings. The Kier molecular flexibility index (Phi) is 6.84. The van der Waals surface area contributed by atoms with Crippen molar-refractivity contribution in [2.45, 2.75) is 39.0 Å². The lowest BCUT2D eigenvalue weighted by atomic mass is 10.1. The molecule has 0 radical (unpaired) electrons. The number of aryl methyl sites for hydroxylation is 1. The van der Waals surface area contributed by atoms with Gasteiger partial charge in [-0.15, -0.1) is 12.4 Å². The Balaban J connectivity index is 0.00000220. The molecule has 1 aromatic rings. The summed E-state index contributed by atoms with van der Waals surface area (Å²) in [5.41, 5.74) is 1.48. The minimum absolute atomic E-state index is 0. The van der Waals surface area contributed by atoms with Gasteiger partial charge >= 0.3 is 6.61 Å². The summed E-state index contributed by atoms with van der Waals surface area (Å²) >= 11 is 0. The van der Waals surface area contributed by atoms with E-state index >= 15 is 0 Å². The molecule has 1 aromatic carbocycles. The normalized spacial score (nSPS) is 17.4. The van der Waals surface area contributed by atoms with Crippen LogP contribution < -0.4 is 15.4 Å². The van der Waals surface area contributed by atoms with Crippen LogP contribution in [0.4, 0.5) is 8.78 Å². The highest BCUT2D eigenvalue weighted by atomic mass is 35.5. The van der Waals surface area contributed by atoms with Gasteiger partial charge in [0.15, 0.2) is 0 Å². The van der Waals surface area contributed by atoms with Gasteiger partial charge in [0.05, 0.1) is 6.04 Å². The summed E-state index contributed by atoms with van der Waals surface area (Å²) in [5, 5.41) is 5.84. The van der Waals surface area contributed by atoms with Crippen LogP contribution in [0.1, 0.15) is 24.0 Å². The molecule has 2 rings (SSSR count). The second-order valence-corrected chi connectivity index (χ2v) is 4.86. The molecule has 0 bridgehead atoms. The van der Waals surface area contributed by atoms with Crippen LogP contribution in [0, 0.1) is 6.92 Å². The van der Waals surface area contributed by atoms with E-state index in [0.29, 0.717) is 5.56 Å². The third-order valence-electron chi connectivity index (χ3n) is 3.26. The molecule has 1 amide bonds. The monoisotopic (exact) mass is 320 g/mol. The number of rotatable bonds is 5. The molecule has 1 unspecified atom stereocenters. The van der Waals surface area contributed by atoms with E-state index in [1.54, 1.807) is 12.1 Å². The lowest BCUT2D eigenvalue weighted by molar-refractivity contribution is -0.122. The van der Waals surface area contributed by atoms with Crippen LogP contribution in [-0.2, 0) is 11.3 Å². The number of halogens is 3. The van der Waals surface area contributed by atoms with Crippen LogP contribution in [0.5, 0.6) is 5.75 Å². The number of hydrogen-bond acceptors (Lipinski definition) is 3. The average molecular weight is 321 g/mol. The molecule has 1 saturated heterocycles. The highest BCUT2D eigenvalue weighted by Gasteiger charge is 2.21. The van der Waals surface area contributed by atoms with Crippen molar-refractivity contribution in [2.24, 2.45) is 0 Å². The van der Waals surface area contributed by atoms with Gasteiger partial charge < -0.3 is 15.4 Å². The van der Waals surface area contributed by atoms with Gasteiger partial charge in [0, 0.05) is 12.1 Å². The van der Waals surface area contributed by atoms with Crippen molar-refractivity contribution in [1.29, 1.82) is 0 Å². The largest absolute Gasteiger partial charge is 0.434 e. The van der Waals surface area contributed by atoms with E-state index in [2.05, 4.69) is 15.4 Å². The second-order valence-electron chi connectivity index (χ2n) is 4.86. The van der Waals surface area contributed by atoms with E-state index in [4.69, 9.17) is 0 Å². The molecule has 1 heterocycles. The molecule has 118 valence electrons. The first-order valence-electron chi connectivity index (χ1n) is 6.61. The Bertz CT molecular complexity index is 480. The quantitative estimate of drug-likeness (QED) is 0.876. The number of alkyl halides is 2. The van der Waals surface area contributed by atoms with E-state index in [-0.39, 0.29) is 36.7 Å². The number of carbonyl (C=O) groups is 1. The van der Waals surface area contributed by atoms with Crippen molar-refractivity contribution < 1.29 is 18.3 Å². The molecule has 0 spiro atoms. The Hall–Kier alpha value is -1.40. The van der Waals surface area contributed by atoms with Crippen molar-refractivity contribution in [1.82, 2.24) is 10.6 Å². The summed E-state index contributed by atoms with van der Waals surface area (Å²) in [5.74, 6) is -0.00251. The summed E-state index contributed by atoms with van der Waals surface area (Å²) in [6.45, 7) is 0.00242. The Morgan fingerprint density at radius 1 is 1.52 bits per heavy atom. The maximum atomic E-state index is 12.3. The first-order valence-corrected chi connectivity index (χ1v) is 6.61. The molecule has 1 fully saturated rings. The van der Waals surface area contributed by atoms with E-state index in [9.17, 15) is 13.6 Å². The summed E-state index contributed by atoms with van der Waals surface area (Å²) in [6, 6.07) is 4.75. The number of hydrogen-bond donors (Lipinski definition) is 2. The number of amides is 1. The predicted octanol–water partition coefficient (Wildman–Crippen LogP) is 2.39. The molecule has 1 atom stereocenters. The molecule has 2 N–H and O–H groups in total. The minimum Gasteiger partial charge on any atom is -0.434 e. The van der Waals surface area contributed by atoms with Gasteiger partial charge in [0.1, 0.15) is 5.75 Å². The average Bonchev–Trinajstić information content (AvgIpc) is 2.92. The van der Waals surface area contributed by atoms with Crippen LogP contribution in [0.2, 0.25) is 0 Å². The number of carbonyl (C=O) groups excluding carboxylic acids is 1. The third kappa shape index (κ3) is 5.13. The number of ether oxygens (including phenoxy) is 1.